The van der Waals surface area contributed by atoms with E-state index in [1.807, 2.05) is 0 Å². The highest BCUT2D eigenvalue weighted by Gasteiger charge is 2.18. The molecule has 0 radical (unpaired) electrons. The van der Waals surface area contributed by atoms with Crippen molar-refractivity contribution >= 4 is 21.8 Å². The van der Waals surface area contributed by atoms with Gasteiger partial charge in [-0.3, -0.25) is 14.2 Å². The summed E-state index contributed by atoms with van der Waals surface area (Å²) in [5.41, 5.74) is 0. The topological polar surface area (TPSA) is 127 Å². The third kappa shape index (κ3) is 3.31. The lowest BCUT2D eigenvalue weighted by Crippen LogP contribution is -2.12. The zero-order valence-corrected chi connectivity index (χ0v) is 10.4. The van der Waals surface area contributed by atoms with Gasteiger partial charge in [-0.15, -0.1) is 0 Å². The first-order chi connectivity index (χ1) is 8.97. The lowest BCUT2D eigenvalue weighted by molar-refractivity contribution is -0.137. The molecule has 0 bridgehead atoms. The number of aromatic nitrogens is 3. The van der Waals surface area contributed by atoms with Crippen LogP contribution in [0.1, 0.15) is 6.42 Å². The normalized spacial score (nSPS) is 11.4. The number of aliphatic carboxylic acids is 1. The maximum atomic E-state index is 11.9. The minimum Gasteiger partial charge on any atom is -0.481 e. The number of carboxylic acid groups (broad SMARTS) is 1. The van der Waals surface area contributed by atoms with E-state index in [1.165, 1.54) is 23.2 Å². The van der Waals surface area contributed by atoms with Crippen LogP contribution in [0.5, 0.6) is 0 Å². The molecule has 0 aromatic carbocycles. The number of nitrogens with one attached hydrogen (secondary N) is 1. The second-order valence-corrected chi connectivity index (χ2v) is 5.26. The van der Waals surface area contributed by atoms with E-state index in [9.17, 15) is 13.2 Å². The number of hydrogen-bond acceptors (Lipinski definition) is 6. The SMILES string of the molecule is O=C(O)CCn1cc(S(=O)(=O)Nc2ccon2)cn1. The Bertz CT molecular complexity index is 661. The largest absolute Gasteiger partial charge is 0.481 e. The quantitative estimate of drug-likeness (QED) is 0.773. The Kier molecular flexibility index (Phi) is 3.51. The van der Waals surface area contributed by atoms with Gasteiger partial charge < -0.3 is 9.63 Å². The Hall–Kier alpha value is -2.36. The molecule has 0 unspecified atom stereocenters. The Labute approximate surface area is 107 Å². The molecular weight excluding hydrogens is 276 g/mol. The second-order valence-electron chi connectivity index (χ2n) is 3.57. The maximum Gasteiger partial charge on any atom is 0.305 e. The number of nitrogens with zero attached hydrogens (tertiary/aromatic N) is 3. The lowest BCUT2D eigenvalue weighted by Gasteiger charge is -2.01. The Balaban J connectivity index is 2.10. The van der Waals surface area contributed by atoms with Gasteiger partial charge in [-0.25, -0.2) is 8.42 Å². The van der Waals surface area contributed by atoms with Crippen LogP contribution >= 0.6 is 0 Å². The van der Waals surface area contributed by atoms with Gasteiger partial charge in [0.05, 0.1) is 19.2 Å². The zero-order chi connectivity index (χ0) is 13.9. The van der Waals surface area contributed by atoms with Crippen molar-refractivity contribution in [3.8, 4) is 0 Å². The molecule has 0 saturated heterocycles. The molecule has 0 amide bonds. The number of rotatable bonds is 6. The van der Waals surface area contributed by atoms with Gasteiger partial charge in [-0.1, -0.05) is 5.16 Å². The summed E-state index contributed by atoms with van der Waals surface area (Å²) in [6, 6.07) is 1.35. The van der Waals surface area contributed by atoms with Gasteiger partial charge in [0.15, 0.2) is 5.82 Å². The molecule has 102 valence electrons. The van der Waals surface area contributed by atoms with Crippen molar-refractivity contribution in [3.63, 3.8) is 0 Å². The van der Waals surface area contributed by atoms with Crippen molar-refractivity contribution in [2.45, 2.75) is 17.9 Å². The summed E-state index contributed by atoms with van der Waals surface area (Å²) in [5, 5.41) is 15.7. The molecule has 2 rings (SSSR count). The van der Waals surface area contributed by atoms with Gasteiger partial charge in [-0.2, -0.15) is 5.10 Å². The van der Waals surface area contributed by atoms with Gasteiger partial charge >= 0.3 is 5.97 Å². The van der Waals surface area contributed by atoms with E-state index >= 15 is 0 Å². The molecule has 0 atom stereocenters. The van der Waals surface area contributed by atoms with E-state index in [4.69, 9.17) is 5.11 Å². The summed E-state index contributed by atoms with van der Waals surface area (Å²) >= 11 is 0. The molecule has 2 heterocycles. The first kappa shape index (κ1) is 13.1. The standard InChI is InChI=1S/C9H10N4O5S/c14-9(15)1-3-13-6-7(5-10-13)19(16,17)12-8-2-4-18-11-8/h2,4-6H,1,3H2,(H,11,12)(H,14,15). The third-order valence-electron chi connectivity index (χ3n) is 2.15. The summed E-state index contributed by atoms with van der Waals surface area (Å²) in [6.45, 7) is 0.0921. The maximum absolute atomic E-state index is 11.9. The van der Waals surface area contributed by atoms with Crippen LogP contribution < -0.4 is 4.72 Å². The zero-order valence-electron chi connectivity index (χ0n) is 9.55. The third-order valence-corrected chi connectivity index (χ3v) is 3.46. The number of hydrogen-bond donors (Lipinski definition) is 2. The highest BCUT2D eigenvalue weighted by atomic mass is 32.2. The molecule has 0 aliphatic heterocycles. The van der Waals surface area contributed by atoms with E-state index in [0.29, 0.717) is 0 Å². The molecule has 2 N–H and O–H groups in total. The molecule has 9 nitrogen and oxygen atoms in total. The summed E-state index contributed by atoms with van der Waals surface area (Å²) in [7, 11) is -3.80. The minimum absolute atomic E-state index is 0.0540. The summed E-state index contributed by atoms with van der Waals surface area (Å²) in [6.07, 6.45) is 3.46. The van der Waals surface area contributed by atoms with E-state index in [0.717, 1.165) is 6.20 Å². The average molecular weight is 286 g/mol. The minimum atomic E-state index is -3.80. The molecule has 0 spiro atoms. The van der Waals surface area contributed by atoms with Crippen LogP contribution in [0.4, 0.5) is 5.82 Å². The van der Waals surface area contributed by atoms with Crippen LogP contribution in [-0.4, -0.2) is 34.4 Å². The molecule has 10 heteroatoms. The number of carboxylic acids is 1. The van der Waals surface area contributed by atoms with Crippen molar-refractivity contribution in [2.24, 2.45) is 0 Å². The molecule has 2 aromatic heterocycles. The fourth-order valence-corrected chi connectivity index (χ4v) is 2.22. The van der Waals surface area contributed by atoms with Crippen LogP contribution in [0, 0.1) is 0 Å². The molecule has 0 aliphatic carbocycles. The van der Waals surface area contributed by atoms with Crippen molar-refractivity contribution in [3.05, 3.63) is 24.7 Å². The van der Waals surface area contributed by atoms with Crippen LogP contribution in [0.3, 0.4) is 0 Å². The van der Waals surface area contributed by atoms with Gasteiger partial charge in [0.1, 0.15) is 11.2 Å². The number of sulfonamides is 1. The first-order valence-electron chi connectivity index (χ1n) is 5.15. The van der Waals surface area contributed by atoms with Gasteiger partial charge in [0, 0.05) is 12.3 Å². The highest BCUT2D eigenvalue weighted by molar-refractivity contribution is 7.92. The van der Waals surface area contributed by atoms with Crippen molar-refractivity contribution < 1.29 is 22.8 Å². The fourth-order valence-electron chi connectivity index (χ4n) is 1.28. The van der Waals surface area contributed by atoms with Crippen LogP contribution in [0.2, 0.25) is 0 Å². The van der Waals surface area contributed by atoms with Crippen LogP contribution in [-0.2, 0) is 21.4 Å². The molecule has 0 saturated carbocycles. The van der Waals surface area contributed by atoms with Gasteiger partial charge in [0.25, 0.3) is 10.0 Å². The van der Waals surface area contributed by atoms with Crippen LogP contribution in [0.25, 0.3) is 0 Å². The smallest absolute Gasteiger partial charge is 0.305 e. The predicted octanol–water partition coefficient (Wildman–Crippen LogP) is 0.147. The van der Waals surface area contributed by atoms with Gasteiger partial charge in [0.2, 0.25) is 0 Å². The summed E-state index contributed by atoms with van der Waals surface area (Å²) < 4.78 is 31.7. The number of aryl methyl sites for hydroxylation is 1. The Morgan fingerprint density at radius 2 is 2.32 bits per heavy atom. The predicted molar refractivity (Wildman–Crippen MR) is 61.8 cm³/mol. The first-order valence-corrected chi connectivity index (χ1v) is 6.63. The molecule has 0 fully saturated rings. The summed E-state index contributed by atoms with van der Waals surface area (Å²) in [4.78, 5) is 10.3. The van der Waals surface area contributed by atoms with E-state index < -0.39 is 16.0 Å². The fraction of sp³-hybridized carbons (Fsp3) is 0.222. The van der Waals surface area contributed by atoms with E-state index in [1.54, 1.807) is 0 Å². The molecule has 19 heavy (non-hydrogen) atoms. The highest BCUT2D eigenvalue weighted by Crippen LogP contribution is 2.13. The Morgan fingerprint density at radius 1 is 1.53 bits per heavy atom. The Morgan fingerprint density at radius 3 is 2.95 bits per heavy atom. The molecule has 0 aliphatic rings. The van der Waals surface area contributed by atoms with Crippen LogP contribution in [0.15, 0.2) is 34.1 Å². The van der Waals surface area contributed by atoms with Crippen molar-refractivity contribution in [2.75, 3.05) is 4.72 Å². The molecular formula is C9H10N4O5S. The second kappa shape index (κ2) is 5.10. The average Bonchev–Trinajstić information content (AvgIpc) is 2.96. The van der Waals surface area contributed by atoms with Gasteiger partial charge in [-0.05, 0) is 0 Å². The van der Waals surface area contributed by atoms with Crippen molar-refractivity contribution in [1.82, 2.24) is 14.9 Å². The van der Waals surface area contributed by atoms with E-state index in [2.05, 4.69) is 19.5 Å². The number of carbonyl (C=O) groups is 1. The monoisotopic (exact) mass is 286 g/mol. The van der Waals surface area contributed by atoms with Crippen molar-refractivity contribution in [1.29, 1.82) is 0 Å². The number of anilines is 1. The lowest BCUT2D eigenvalue weighted by atomic mass is 10.4. The van der Waals surface area contributed by atoms with E-state index in [-0.39, 0.29) is 23.7 Å². The molecule has 2 aromatic rings. The summed E-state index contributed by atoms with van der Waals surface area (Å²) in [5.74, 6) is -0.932.